The third kappa shape index (κ3) is 5.55. The molecule has 1 heterocycles. The zero-order chi connectivity index (χ0) is 17.4. The Kier molecular flexibility index (Phi) is 6.57. The minimum absolute atomic E-state index is 0.0970. The van der Waals surface area contributed by atoms with Gasteiger partial charge in [0.05, 0.1) is 6.20 Å². The first-order chi connectivity index (χ1) is 11.6. The maximum atomic E-state index is 12.3. The van der Waals surface area contributed by atoms with Gasteiger partial charge in [-0.2, -0.15) is 0 Å². The van der Waals surface area contributed by atoms with Crippen molar-refractivity contribution in [2.75, 3.05) is 39.0 Å². The van der Waals surface area contributed by atoms with Crippen LogP contribution in [0.2, 0.25) is 0 Å². The Balaban J connectivity index is 1.91. The number of urea groups is 1. The first-order valence-electron chi connectivity index (χ1n) is 7.97. The van der Waals surface area contributed by atoms with Gasteiger partial charge in [-0.15, -0.1) is 0 Å². The average molecular weight is 328 g/mol. The molecule has 0 bridgehead atoms. The number of amides is 2. The lowest BCUT2D eigenvalue weighted by Gasteiger charge is -2.23. The summed E-state index contributed by atoms with van der Waals surface area (Å²) >= 11 is 0. The van der Waals surface area contributed by atoms with Gasteiger partial charge >= 0.3 is 6.03 Å². The van der Waals surface area contributed by atoms with Crippen LogP contribution in [0.25, 0.3) is 0 Å². The first kappa shape index (κ1) is 17.7. The number of likely N-dealkylation sites (N-methyl/N-ethyl adjacent to an activating group) is 2. The van der Waals surface area contributed by atoms with Crippen LogP contribution in [-0.2, 0) is 0 Å². The molecule has 0 radical (unpaired) electrons. The monoisotopic (exact) mass is 328 g/mol. The lowest BCUT2D eigenvalue weighted by atomic mass is 10.3. The highest BCUT2D eigenvalue weighted by Gasteiger charge is 2.11. The van der Waals surface area contributed by atoms with E-state index in [0.29, 0.717) is 24.6 Å². The third-order valence-corrected chi connectivity index (χ3v) is 3.46. The van der Waals surface area contributed by atoms with Gasteiger partial charge < -0.3 is 19.9 Å². The van der Waals surface area contributed by atoms with Crippen molar-refractivity contribution in [1.82, 2.24) is 14.8 Å². The minimum Gasteiger partial charge on any atom is -0.456 e. The van der Waals surface area contributed by atoms with Crippen LogP contribution < -0.4 is 10.1 Å². The summed E-state index contributed by atoms with van der Waals surface area (Å²) in [6, 6.07) is 10.8. The molecule has 0 aliphatic carbocycles. The second-order valence-corrected chi connectivity index (χ2v) is 5.63. The molecule has 1 N–H and O–H groups in total. The Labute approximate surface area is 143 Å². The number of anilines is 1. The topological polar surface area (TPSA) is 57.7 Å². The summed E-state index contributed by atoms with van der Waals surface area (Å²) < 4.78 is 5.68. The molecule has 0 saturated heterocycles. The number of aromatic nitrogens is 1. The van der Waals surface area contributed by atoms with Gasteiger partial charge in [0.25, 0.3) is 0 Å². The fourth-order valence-electron chi connectivity index (χ4n) is 2.08. The van der Waals surface area contributed by atoms with Gasteiger partial charge in [-0.05, 0) is 57.4 Å². The number of benzene rings is 1. The van der Waals surface area contributed by atoms with Crippen LogP contribution in [0.15, 0.2) is 48.8 Å². The molecule has 2 aromatic rings. The van der Waals surface area contributed by atoms with Crippen molar-refractivity contribution >= 4 is 11.7 Å². The fraction of sp³-hybridized carbons (Fsp3) is 0.333. The number of nitrogens with zero attached hydrogens (tertiary/aromatic N) is 3. The van der Waals surface area contributed by atoms with E-state index in [4.69, 9.17) is 4.74 Å². The Morgan fingerprint density at radius 3 is 2.46 bits per heavy atom. The van der Waals surface area contributed by atoms with E-state index in [0.717, 1.165) is 12.2 Å². The normalized spacial score (nSPS) is 10.5. The van der Waals surface area contributed by atoms with Crippen LogP contribution in [-0.4, -0.2) is 54.5 Å². The largest absolute Gasteiger partial charge is 0.456 e. The summed E-state index contributed by atoms with van der Waals surface area (Å²) in [7, 11) is 3.99. The smallest absolute Gasteiger partial charge is 0.321 e. The quantitative estimate of drug-likeness (QED) is 0.847. The fourth-order valence-corrected chi connectivity index (χ4v) is 2.08. The number of pyridine rings is 1. The summed E-state index contributed by atoms with van der Waals surface area (Å²) in [6.07, 6.45) is 3.35. The molecule has 0 aliphatic rings. The van der Waals surface area contributed by atoms with Gasteiger partial charge in [0.1, 0.15) is 11.5 Å². The zero-order valence-corrected chi connectivity index (χ0v) is 14.4. The number of hydrogen-bond donors (Lipinski definition) is 1. The summed E-state index contributed by atoms with van der Waals surface area (Å²) in [5.74, 6) is 1.37. The maximum Gasteiger partial charge on any atom is 0.321 e. The van der Waals surface area contributed by atoms with E-state index in [9.17, 15) is 4.79 Å². The number of nitrogens with one attached hydrogen (secondary N) is 1. The second kappa shape index (κ2) is 8.88. The predicted octanol–water partition coefficient (Wildman–Crippen LogP) is 3.29. The predicted molar refractivity (Wildman–Crippen MR) is 95.6 cm³/mol. The van der Waals surface area contributed by atoms with E-state index < -0.39 is 0 Å². The highest BCUT2D eigenvalue weighted by Crippen LogP contribution is 2.22. The number of hydrogen-bond acceptors (Lipinski definition) is 4. The van der Waals surface area contributed by atoms with E-state index >= 15 is 0 Å². The molecule has 2 amide bonds. The van der Waals surface area contributed by atoms with Gasteiger partial charge in [0.2, 0.25) is 0 Å². The lowest BCUT2D eigenvalue weighted by molar-refractivity contribution is 0.208. The number of carbonyl (C=O) groups is 1. The molecule has 0 aliphatic heterocycles. The number of carbonyl (C=O) groups excluding carboxylic acids is 1. The van der Waals surface area contributed by atoms with Gasteiger partial charge in [-0.1, -0.05) is 0 Å². The molecule has 0 saturated carbocycles. The Morgan fingerprint density at radius 2 is 1.88 bits per heavy atom. The van der Waals surface area contributed by atoms with Crippen molar-refractivity contribution in [3.63, 3.8) is 0 Å². The molecule has 0 atom stereocenters. The molecule has 24 heavy (non-hydrogen) atoms. The van der Waals surface area contributed by atoms with Crippen molar-refractivity contribution in [3.05, 3.63) is 48.8 Å². The van der Waals surface area contributed by atoms with Crippen LogP contribution in [0.4, 0.5) is 10.5 Å². The third-order valence-electron chi connectivity index (χ3n) is 3.46. The summed E-state index contributed by atoms with van der Waals surface area (Å²) in [4.78, 5) is 20.1. The standard InChI is InChI=1S/C18H24N4O2/c1-4-22(13-12-21(2)3)18(23)20-15-7-9-16(10-8-15)24-17-6-5-11-19-14-17/h5-11,14H,4,12-13H2,1-3H3,(H,20,23). The van der Waals surface area contributed by atoms with Crippen molar-refractivity contribution in [3.8, 4) is 11.5 Å². The van der Waals surface area contributed by atoms with Crippen LogP contribution in [0, 0.1) is 0 Å². The number of rotatable bonds is 7. The molecular formula is C18H24N4O2. The molecule has 6 nitrogen and oxygen atoms in total. The Morgan fingerprint density at radius 1 is 1.12 bits per heavy atom. The maximum absolute atomic E-state index is 12.3. The Bertz CT molecular complexity index is 629. The second-order valence-electron chi connectivity index (χ2n) is 5.63. The highest BCUT2D eigenvalue weighted by atomic mass is 16.5. The van der Waals surface area contributed by atoms with Crippen LogP contribution in [0.1, 0.15) is 6.92 Å². The molecular weight excluding hydrogens is 304 g/mol. The molecule has 2 rings (SSSR count). The van der Waals surface area contributed by atoms with Gasteiger partial charge in [-0.25, -0.2) is 4.79 Å². The van der Waals surface area contributed by atoms with Crippen molar-refractivity contribution in [1.29, 1.82) is 0 Å². The van der Waals surface area contributed by atoms with E-state index in [2.05, 4.69) is 15.2 Å². The number of ether oxygens (including phenoxy) is 1. The Hall–Kier alpha value is -2.60. The highest BCUT2D eigenvalue weighted by molar-refractivity contribution is 5.89. The molecule has 128 valence electrons. The molecule has 6 heteroatoms. The summed E-state index contributed by atoms with van der Waals surface area (Å²) in [5.41, 5.74) is 0.738. The molecule has 1 aromatic carbocycles. The molecule has 0 spiro atoms. The first-order valence-corrected chi connectivity index (χ1v) is 7.97. The van der Waals surface area contributed by atoms with E-state index in [1.165, 1.54) is 0 Å². The van der Waals surface area contributed by atoms with E-state index in [1.54, 1.807) is 17.3 Å². The summed E-state index contributed by atoms with van der Waals surface area (Å²) in [5, 5.41) is 2.91. The molecule has 1 aromatic heterocycles. The molecule has 0 fully saturated rings. The summed E-state index contributed by atoms with van der Waals surface area (Å²) in [6.45, 7) is 4.17. The minimum atomic E-state index is -0.0970. The van der Waals surface area contributed by atoms with E-state index in [1.807, 2.05) is 57.4 Å². The zero-order valence-electron chi connectivity index (χ0n) is 14.4. The van der Waals surface area contributed by atoms with Gasteiger partial charge in [0.15, 0.2) is 0 Å². The van der Waals surface area contributed by atoms with E-state index in [-0.39, 0.29) is 6.03 Å². The molecule has 0 unspecified atom stereocenters. The van der Waals surface area contributed by atoms with Crippen molar-refractivity contribution < 1.29 is 9.53 Å². The lowest BCUT2D eigenvalue weighted by Crippen LogP contribution is -2.39. The van der Waals surface area contributed by atoms with Crippen LogP contribution >= 0.6 is 0 Å². The van der Waals surface area contributed by atoms with Crippen LogP contribution in [0.5, 0.6) is 11.5 Å². The van der Waals surface area contributed by atoms with Gasteiger partial charge in [-0.3, -0.25) is 4.98 Å². The van der Waals surface area contributed by atoms with Crippen LogP contribution in [0.3, 0.4) is 0 Å². The SMILES string of the molecule is CCN(CCN(C)C)C(=O)Nc1ccc(Oc2cccnc2)cc1. The van der Waals surface area contributed by atoms with Crippen molar-refractivity contribution in [2.45, 2.75) is 6.92 Å². The average Bonchev–Trinajstić information content (AvgIpc) is 2.58. The van der Waals surface area contributed by atoms with Gasteiger partial charge in [0, 0.05) is 31.5 Å². The van der Waals surface area contributed by atoms with Crippen molar-refractivity contribution in [2.24, 2.45) is 0 Å².